The average molecular weight is 262 g/mol. The molecule has 2 N–H and O–H groups in total. The summed E-state index contributed by atoms with van der Waals surface area (Å²) in [6.45, 7) is 0. The number of anilines is 1. The van der Waals surface area contributed by atoms with E-state index in [1.54, 1.807) is 24.3 Å². The average Bonchev–Trinajstić information content (AvgIpc) is 2.38. The van der Waals surface area contributed by atoms with Crippen molar-refractivity contribution in [2.75, 3.05) is 5.43 Å². The fourth-order valence-corrected chi connectivity index (χ4v) is 2.46. The van der Waals surface area contributed by atoms with Gasteiger partial charge >= 0.3 is 0 Å². The number of hydrogen-bond acceptors (Lipinski definition) is 3. The van der Waals surface area contributed by atoms with Gasteiger partial charge in [-0.3, -0.25) is 0 Å². The fourth-order valence-electron chi connectivity index (χ4n) is 1.49. The minimum Gasteiger partial charge on any atom is -0.308 e. The van der Waals surface area contributed by atoms with Crippen LogP contribution in [0, 0.1) is 0 Å². The van der Waals surface area contributed by atoms with E-state index in [9.17, 15) is 8.42 Å². The van der Waals surface area contributed by atoms with E-state index < -0.39 is 10.0 Å². The highest BCUT2D eigenvalue weighted by atomic mass is 32.2. The first-order valence-electron chi connectivity index (χ1n) is 5.50. The predicted molar refractivity (Wildman–Crippen MR) is 72.3 cm³/mol. The van der Waals surface area contributed by atoms with Gasteiger partial charge in [0.25, 0.3) is 0 Å². The first-order chi connectivity index (χ1) is 8.66. The van der Waals surface area contributed by atoms with Gasteiger partial charge in [0.05, 0.1) is 5.75 Å². The van der Waals surface area contributed by atoms with Gasteiger partial charge in [0.1, 0.15) is 0 Å². The van der Waals surface area contributed by atoms with Crippen LogP contribution in [0.5, 0.6) is 0 Å². The van der Waals surface area contributed by atoms with E-state index in [0.29, 0.717) is 5.69 Å². The van der Waals surface area contributed by atoms with Gasteiger partial charge in [0.2, 0.25) is 10.0 Å². The summed E-state index contributed by atoms with van der Waals surface area (Å²) in [5.41, 5.74) is 4.12. The summed E-state index contributed by atoms with van der Waals surface area (Å²) in [5, 5.41) is 0. The molecular weight excluding hydrogens is 248 g/mol. The van der Waals surface area contributed by atoms with Crippen molar-refractivity contribution in [3.63, 3.8) is 0 Å². The normalized spacial score (nSPS) is 11.1. The monoisotopic (exact) mass is 262 g/mol. The Bertz CT molecular complexity index is 583. The van der Waals surface area contributed by atoms with Gasteiger partial charge in [-0.1, -0.05) is 48.5 Å². The highest BCUT2D eigenvalue weighted by Crippen LogP contribution is 2.06. The van der Waals surface area contributed by atoms with Crippen molar-refractivity contribution in [1.29, 1.82) is 0 Å². The van der Waals surface area contributed by atoms with E-state index >= 15 is 0 Å². The number of nitrogens with one attached hydrogen (secondary N) is 2. The Kier molecular flexibility index (Phi) is 3.96. The topological polar surface area (TPSA) is 58.2 Å². The van der Waals surface area contributed by atoms with Crippen LogP contribution in [0.3, 0.4) is 0 Å². The molecule has 2 aromatic carbocycles. The van der Waals surface area contributed by atoms with Crippen LogP contribution in [0.15, 0.2) is 60.7 Å². The van der Waals surface area contributed by atoms with E-state index in [1.165, 1.54) is 0 Å². The van der Waals surface area contributed by atoms with Crippen LogP contribution in [0.4, 0.5) is 5.69 Å². The Morgan fingerprint density at radius 3 is 2.00 bits per heavy atom. The Labute approximate surface area is 107 Å². The van der Waals surface area contributed by atoms with Gasteiger partial charge in [-0.15, -0.1) is 4.83 Å². The summed E-state index contributed by atoms with van der Waals surface area (Å²) < 4.78 is 23.6. The third-order valence-electron chi connectivity index (χ3n) is 2.32. The number of sulfonamides is 1. The van der Waals surface area contributed by atoms with Gasteiger partial charge in [-0.2, -0.15) is 0 Å². The fraction of sp³-hybridized carbons (Fsp3) is 0.0769. The van der Waals surface area contributed by atoms with Crippen LogP contribution >= 0.6 is 0 Å². The molecule has 0 spiro atoms. The predicted octanol–water partition coefficient (Wildman–Crippen LogP) is 2.13. The maximum atomic E-state index is 11.8. The van der Waals surface area contributed by atoms with Crippen molar-refractivity contribution in [2.45, 2.75) is 5.75 Å². The lowest BCUT2D eigenvalue weighted by Gasteiger charge is -2.09. The van der Waals surface area contributed by atoms with E-state index in [4.69, 9.17) is 0 Å². The molecule has 0 radical (unpaired) electrons. The minimum atomic E-state index is -3.39. The zero-order valence-electron chi connectivity index (χ0n) is 9.71. The summed E-state index contributed by atoms with van der Waals surface area (Å²) >= 11 is 0. The summed E-state index contributed by atoms with van der Waals surface area (Å²) in [6, 6.07) is 18.1. The molecule has 0 aliphatic heterocycles. The van der Waals surface area contributed by atoms with Crippen molar-refractivity contribution in [3.8, 4) is 0 Å². The first-order valence-corrected chi connectivity index (χ1v) is 7.15. The first kappa shape index (κ1) is 12.6. The number of benzene rings is 2. The quantitative estimate of drug-likeness (QED) is 0.812. The molecule has 0 saturated heterocycles. The lowest BCUT2D eigenvalue weighted by Crippen LogP contribution is -2.30. The molecule has 0 aromatic heterocycles. The number of rotatable bonds is 5. The third kappa shape index (κ3) is 3.87. The number of hydrogen-bond donors (Lipinski definition) is 2. The highest BCUT2D eigenvalue weighted by Gasteiger charge is 2.10. The molecule has 0 heterocycles. The Morgan fingerprint density at radius 1 is 0.833 bits per heavy atom. The largest absolute Gasteiger partial charge is 0.308 e. The van der Waals surface area contributed by atoms with Crippen molar-refractivity contribution in [3.05, 3.63) is 66.2 Å². The smallest absolute Gasteiger partial charge is 0.232 e. The molecule has 94 valence electrons. The van der Waals surface area contributed by atoms with Crippen molar-refractivity contribution < 1.29 is 8.42 Å². The minimum absolute atomic E-state index is 0.0479. The van der Waals surface area contributed by atoms with Gasteiger partial charge in [-0.25, -0.2) is 8.42 Å². The second-order valence-electron chi connectivity index (χ2n) is 3.84. The summed E-state index contributed by atoms with van der Waals surface area (Å²) in [4.78, 5) is 2.35. The van der Waals surface area contributed by atoms with Crippen molar-refractivity contribution in [2.24, 2.45) is 0 Å². The van der Waals surface area contributed by atoms with Crippen molar-refractivity contribution >= 4 is 15.7 Å². The van der Waals surface area contributed by atoms with Crippen LogP contribution in [0.2, 0.25) is 0 Å². The summed E-state index contributed by atoms with van der Waals surface area (Å²) in [5.74, 6) is -0.0479. The van der Waals surface area contributed by atoms with Crippen LogP contribution in [0.1, 0.15) is 5.56 Å². The summed E-state index contributed by atoms with van der Waals surface area (Å²) in [6.07, 6.45) is 0. The molecule has 0 unspecified atom stereocenters. The maximum absolute atomic E-state index is 11.8. The van der Waals surface area contributed by atoms with E-state index in [-0.39, 0.29) is 5.75 Å². The SMILES string of the molecule is O=S(=O)(Cc1ccccc1)NNc1ccccc1. The van der Waals surface area contributed by atoms with E-state index in [2.05, 4.69) is 10.3 Å². The van der Waals surface area contributed by atoms with Crippen LogP contribution in [-0.4, -0.2) is 8.42 Å². The number of hydrazine groups is 1. The molecule has 0 saturated carbocycles. The van der Waals surface area contributed by atoms with E-state index in [1.807, 2.05) is 36.4 Å². The second kappa shape index (κ2) is 5.66. The molecule has 18 heavy (non-hydrogen) atoms. The Hall–Kier alpha value is -1.85. The highest BCUT2D eigenvalue weighted by molar-refractivity contribution is 7.88. The lowest BCUT2D eigenvalue weighted by molar-refractivity contribution is 0.587. The molecule has 2 aromatic rings. The third-order valence-corrected chi connectivity index (χ3v) is 3.45. The number of para-hydroxylation sites is 1. The molecule has 0 fully saturated rings. The van der Waals surface area contributed by atoms with Crippen LogP contribution in [0.25, 0.3) is 0 Å². The molecule has 2 rings (SSSR count). The van der Waals surface area contributed by atoms with Gasteiger partial charge in [0, 0.05) is 5.69 Å². The molecule has 0 amide bonds. The standard InChI is InChI=1S/C13H14N2O2S/c16-18(17,11-12-7-3-1-4-8-12)15-14-13-9-5-2-6-10-13/h1-10,14-15H,11H2. The second-order valence-corrected chi connectivity index (χ2v) is 5.56. The maximum Gasteiger partial charge on any atom is 0.232 e. The molecule has 0 aliphatic rings. The summed E-state index contributed by atoms with van der Waals surface area (Å²) in [7, 11) is -3.39. The molecule has 0 aliphatic carbocycles. The molecule has 0 bridgehead atoms. The zero-order valence-corrected chi connectivity index (χ0v) is 10.5. The Morgan fingerprint density at radius 2 is 1.39 bits per heavy atom. The van der Waals surface area contributed by atoms with E-state index in [0.717, 1.165) is 5.56 Å². The molecular formula is C13H14N2O2S. The van der Waals surface area contributed by atoms with Crippen LogP contribution < -0.4 is 10.3 Å². The van der Waals surface area contributed by atoms with Crippen molar-refractivity contribution in [1.82, 2.24) is 4.83 Å². The zero-order chi connectivity index (χ0) is 12.8. The van der Waals surface area contributed by atoms with Gasteiger partial charge in [0.15, 0.2) is 0 Å². The molecule has 4 nitrogen and oxygen atoms in total. The van der Waals surface area contributed by atoms with Gasteiger partial charge in [-0.05, 0) is 17.7 Å². The Balaban J connectivity index is 1.96. The lowest BCUT2D eigenvalue weighted by atomic mass is 10.2. The van der Waals surface area contributed by atoms with Gasteiger partial charge < -0.3 is 5.43 Å². The molecule has 0 atom stereocenters. The van der Waals surface area contributed by atoms with Crippen LogP contribution in [-0.2, 0) is 15.8 Å². The molecule has 5 heteroatoms.